The minimum atomic E-state index is -3.65. The van der Waals surface area contributed by atoms with Crippen LogP contribution in [0.5, 0.6) is 11.5 Å². The number of hydrogen-bond acceptors (Lipinski definition) is 11. The lowest BCUT2D eigenvalue weighted by Crippen LogP contribution is -2.54. The molecule has 5 heterocycles. The van der Waals surface area contributed by atoms with E-state index in [1.54, 1.807) is 24.3 Å². The van der Waals surface area contributed by atoms with E-state index in [0.717, 1.165) is 5.69 Å². The predicted molar refractivity (Wildman–Crippen MR) is 198 cm³/mol. The number of imide groups is 2. The van der Waals surface area contributed by atoms with Gasteiger partial charge >= 0.3 is 0 Å². The van der Waals surface area contributed by atoms with Crippen LogP contribution >= 0.6 is 0 Å². The van der Waals surface area contributed by atoms with Gasteiger partial charge in [0.1, 0.15) is 28.8 Å². The van der Waals surface area contributed by atoms with Crippen molar-refractivity contribution in [3.05, 3.63) is 75.6 Å². The van der Waals surface area contributed by atoms with Gasteiger partial charge in [0, 0.05) is 80.9 Å². The van der Waals surface area contributed by atoms with Gasteiger partial charge in [-0.1, -0.05) is 0 Å². The summed E-state index contributed by atoms with van der Waals surface area (Å²) in [5, 5.41) is 2.22. The molecule has 3 aromatic carbocycles. The van der Waals surface area contributed by atoms with Crippen molar-refractivity contribution in [2.24, 2.45) is 5.92 Å². The van der Waals surface area contributed by atoms with Crippen molar-refractivity contribution in [1.29, 1.82) is 0 Å². The third-order valence-corrected chi connectivity index (χ3v) is 10.2. The Morgan fingerprint density at radius 2 is 1.60 bits per heavy atom. The number of piperazine rings is 1. The zero-order chi connectivity index (χ0) is 45.7. The van der Waals surface area contributed by atoms with Gasteiger partial charge in [0.05, 0.1) is 42.0 Å². The number of nitrogens with one attached hydrogen (secondary N) is 2. The van der Waals surface area contributed by atoms with Gasteiger partial charge in [0.15, 0.2) is 11.6 Å². The van der Waals surface area contributed by atoms with Crippen LogP contribution in [0, 0.1) is 17.6 Å². The zero-order valence-corrected chi connectivity index (χ0v) is 29.5. The number of amides is 4. The highest BCUT2D eigenvalue weighted by atomic mass is 19.2. The minimum Gasteiger partial charge on any atom is -0.497 e. The molecule has 0 saturated carbocycles. The highest BCUT2D eigenvalue weighted by Gasteiger charge is 2.47. The second-order valence-electron chi connectivity index (χ2n) is 13.4. The predicted octanol–water partition coefficient (Wildman–Crippen LogP) is 3.33. The number of piperidine rings is 2. The average molecular weight is 764 g/mol. The molecule has 0 bridgehead atoms. The molecule has 4 amide bonds. The van der Waals surface area contributed by atoms with Crippen molar-refractivity contribution in [2.45, 2.75) is 31.7 Å². The molecule has 55 heavy (non-hydrogen) atoms. The molecule has 3 fully saturated rings. The van der Waals surface area contributed by atoms with Gasteiger partial charge < -0.3 is 24.3 Å². The maximum absolute atomic E-state index is 16.1. The van der Waals surface area contributed by atoms with Crippen molar-refractivity contribution in [1.82, 2.24) is 25.1 Å². The molecule has 0 radical (unpaired) electrons. The average Bonchev–Trinajstić information content (AvgIpc) is 3.48. The van der Waals surface area contributed by atoms with E-state index in [1.165, 1.54) is 14.2 Å². The second-order valence-corrected chi connectivity index (χ2v) is 13.4. The van der Waals surface area contributed by atoms with Crippen LogP contribution in [0.2, 0.25) is 0 Å². The number of rotatable bonds is 8. The molecule has 14 nitrogen and oxygen atoms in total. The minimum absolute atomic E-state index is 0.218. The van der Waals surface area contributed by atoms with Crippen LogP contribution in [0.15, 0.2) is 47.3 Å². The molecular formula is C39H39F2N7O7. The first-order chi connectivity index (χ1) is 29.6. The van der Waals surface area contributed by atoms with Gasteiger partial charge in [0.2, 0.25) is 11.8 Å². The fraction of sp³-hybridized carbons (Fsp3) is 0.385. The van der Waals surface area contributed by atoms with Crippen molar-refractivity contribution in [3.8, 4) is 22.9 Å². The monoisotopic (exact) mass is 763 g/mol. The van der Waals surface area contributed by atoms with E-state index in [4.69, 9.17) is 20.4 Å². The summed E-state index contributed by atoms with van der Waals surface area (Å²) < 4.78 is 114. The van der Waals surface area contributed by atoms with Crippen LogP contribution in [0.25, 0.3) is 22.3 Å². The molecule has 2 N–H and O–H groups in total. The summed E-state index contributed by atoms with van der Waals surface area (Å²) in [6.45, 7) is -13.9. The fourth-order valence-corrected chi connectivity index (χ4v) is 7.28. The summed E-state index contributed by atoms with van der Waals surface area (Å²) >= 11 is 0. The van der Waals surface area contributed by atoms with E-state index in [9.17, 15) is 24.0 Å². The number of aromatic amines is 1. The molecule has 1 aromatic heterocycles. The van der Waals surface area contributed by atoms with Crippen LogP contribution in [-0.4, -0.2) is 109 Å². The Hall–Kier alpha value is -5.90. The largest absolute Gasteiger partial charge is 0.497 e. The molecule has 8 rings (SSSR count). The number of benzene rings is 3. The highest BCUT2D eigenvalue weighted by molar-refractivity contribution is 6.24. The third kappa shape index (κ3) is 6.53. The summed E-state index contributed by atoms with van der Waals surface area (Å²) in [6.07, 6.45) is 0.0781. The van der Waals surface area contributed by atoms with E-state index in [0.29, 0.717) is 70.2 Å². The van der Waals surface area contributed by atoms with Crippen molar-refractivity contribution < 1.29 is 48.4 Å². The van der Waals surface area contributed by atoms with Gasteiger partial charge in [-0.2, -0.15) is 0 Å². The number of anilines is 2. The lowest BCUT2D eigenvalue weighted by Gasteiger charge is -2.40. The first kappa shape index (κ1) is 27.6. The Morgan fingerprint density at radius 3 is 2.27 bits per heavy atom. The molecule has 1 atom stereocenters. The second kappa shape index (κ2) is 14.4. The summed E-state index contributed by atoms with van der Waals surface area (Å²) in [7, 11) is 2.92. The maximum atomic E-state index is 16.1. The van der Waals surface area contributed by atoms with Crippen molar-refractivity contribution in [3.63, 3.8) is 0 Å². The number of halogens is 2. The number of fused-ring (bicyclic) bond motifs is 2. The van der Waals surface area contributed by atoms with E-state index in [2.05, 4.69) is 9.97 Å². The topological polar surface area (TPSA) is 157 Å². The molecule has 286 valence electrons. The number of H-pyrrole nitrogens is 1. The molecule has 4 aliphatic rings. The van der Waals surface area contributed by atoms with Gasteiger partial charge in [0.25, 0.3) is 17.4 Å². The van der Waals surface area contributed by atoms with E-state index >= 15 is 8.78 Å². The summed E-state index contributed by atoms with van der Waals surface area (Å²) in [5.41, 5.74) is -2.04. The van der Waals surface area contributed by atoms with Gasteiger partial charge in [-0.05, 0) is 55.5 Å². The Balaban J connectivity index is 1.01. The number of hydrogen-bond donors (Lipinski definition) is 2. The van der Waals surface area contributed by atoms with Crippen LogP contribution in [0.3, 0.4) is 0 Å². The SMILES string of the molecule is [2H]C1([2H])N(CC2CCN(c3ccc(-c4nc5cc(OC)cc(OC)c5c(=O)[nH]4)cc3)CC2)C([2H])([2H])C([2H])([2H])N(c2cc3c(c(F)c2F)C(=O)N(C2CCC(=O)NC2=O)C3=O)C1([2H])[2H]. The van der Waals surface area contributed by atoms with Gasteiger partial charge in [-0.25, -0.2) is 13.8 Å². The quantitative estimate of drug-likeness (QED) is 0.254. The van der Waals surface area contributed by atoms with Gasteiger partial charge in [-0.3, -0.25) is 39.1 Å². The normalized spacial score (nSPS) is 25.5. The Bertz CT molecular complexity index is 2640. The van der Waals surface area contributed by atoms with Crippen LogP contribution in [0.4, 0.5) is 20.2 Å². The first-order valence-corrected chi connectivity index (χ1v) is 17.4. The van der Waals surface area contributed by atoms with E-state index in [1.807, 2.05) is 22.3 Å². The molecule has 0 spiro atoms. The number of carbonyl (C=O) groups excluding carboxylic acids is 4. The number of carbonyl (C=O) groups is 4. The molecule has 16 heteroatoms. The van der Waals surface area contributed by atoms with Crippen LogP contribution in [0.1, 0.15) is 57.4 Å². The van der Waals surface area contributed by atoms with E-state index < -0.39 is 102 Å². The molecule has 3 saturated heterocycles. The molecule has 1 unspecified atom stereocenters. The van der Waals surface area contributed by atoms with Gasteiger partial charge in [-0.15, -0.1) is 0 Å². The smallest absolute Gasteiger partial charge is 0.265 e. The zero-order valence-electron chi connectivity index (χ0n) is 37.5. The lowest BCUT2D eigenvalue weighted by atomic mass is 9.95. The Morgan fingerprint density at radius 1 is 0.873 bits per heavy atom. The van der Waals surface area contributed by atoms with Crippen molar-refractivity contribution >= 4 is 45.9 Å². The number of nitrogens with zero attached hydrogens (tertiary/aromatic N) is 5. The first-order valence-electron chi connectivity index (χ1n) is 21.4. The van der Waals surface area contributed by atoms with Crippen LogP contribution < -0.4 is 30.1 Å². The van der Waals surface area contributed by atoms with Crippen molar-refractivity contribution in [2.75, 3.05) is 69.6 Å². The number of methoxy groups -OCH3 is 2. The third-order valence-electron chi connectivity index (χ3n) is 10.2. The lowest BCUT2D eigenvalue weighted by molar-refractivity contribution is -0.136. The number of ether oxygens (including phenoxy) is 2. The number of aromatic nitrogens is 2. The highest BCUT2D eigenvalue weighted by Crippen LogP contribution is 2.36. The Labute approximate surface area is 325 Å². The van der Waals surface area contributed by atoms with E-state index in [-0.39, 0.29) is 23.1 Å². The summed E-state index contributed by atoms with van der Waals surface area (Å²) in [6, 6.07) is 9.26. The molecule has 0 aliphatic carbocycles. The standard InChI is InChI=1S/C39H39F2N7O7/c1-54-24-17-26-32(29(18-24)55-2)37(51)44-35(42-26)22-3-5-23(6-4-22)46-11-9-21(10-12-46)20-45-13-15-47(16-14-45)28-19-25-31(34(41)33(28)40)39(53)48(38(25)52)27-7-8-30(49)43-36(27)50/h3-6,17-19,21,27H,7-16,20H2,1-2H3,(H,42,44,51)(H,43,49,50)/i13D2,14D2,15D2,16D2. The van der Waals surface area contributed by atoms with Crippen LogP contribution in [-0.2, 0) is 9.59 Å². The Kier molecular flexibility index (Phi) is 7.24. The summed E-state index contributed by atoms with van der Waals surface area (Å²) in [5.74, 6) is -8.00. The molecule has 4 aromatic rings. The fourth-order valence-electron chi connectivity index (χ4n) is 7.28. The maximum Gasteiger partial charge on any atom is 0.265 e. The summed E-state index contributed by atoms with van der Waals surface area (Å²) in [4.78, 5) is 74.0. The molecular weight excluding hydrogens is 716 g/mol. The molecule has 4 aliphatic heterocycles.